The number of nitrogens with one attached hydrogen (secondary N) is 1. The van der Waals surface area contributed by atoms with E-state index in [4.69, 9.17) is 10.5 Å². The molecule has 1 heterocycles. The number of anilines is 2. The first-order chi connectivity index (χ1) is 8.31. The molecule has 0 fully saturated rings. The molecule has 0 bridgehead atoms. The highest BCUT2D eigenvalue weighted by molar-refractivity contribution is 5.74. The molecule has 3 N–H and O–H groups in total. The lowest BCUT2D eigenvalue weighted by molar-refractivity contribution is -0.138. The van der Waals surface area contributed by atoms with Gasteiger partial charge in [-0.1, -0.05) is 0 Å². The molecule has 0 atom stereocenters. The molecule has 18 heavy (non-hydrogen) atoms. The van der Waals surface area contributed by atoms with Crippen molar-refractivity contribution < 1.29 is 14.3 Å². The zero-order chi connectivity index (χ0) is 13.8. The van der Waals surface area contributed by atoms with E-state index in [0.717, 1.165) is 0 Å². The topological polar surface area (TPSA) is 86.5 Å². The van der Waals surface area contributed by atoms with Crippen molar-refractivity contribution in [2.24, 2.45) is 0 Å². The van der Waals surface area contributed by atoms with Crippen LogP contribution < -0.4 is 15.8 Å². The van der Waals surface area contributed by atoms with Crippen LogP contribution in [0.3, 0.4) is 0 Å². The summed E-state index contributed by atoms with van der Waals surface area (Å²) in [5, 5.41) is 2.83. The van der Waals surface area contributed by atoms with Crippen LogP contribution in [0.25, 0.3) is 0 Å². The lowest BCUT2D eigenvalue weighted by Gasteiger charge is -2.21. The largest absolute Gasteiger partial charge is 0.470 e. The minimum Gasteiger partial charge on any atom is -0.470 e. The van der Waals surface area contributed by atoms with Gasteiger partial charge in [0.2, 0.25) is 5.88 Å². The fourth-order valence-corrected chi connectivity index (χ4v) is 1.16. The van der Waals surface area contributed by atoms with Crippen molar-refractivity contribution in [3.05, 3.63) is 12.1 Å². The normalized spacial score (nSPS) is 10.9. The number of ether oxygens (including phenoxy) is 2. The van der Waals surface area contributed by atoms with Crippen molar-refractivity contribution in [2.75, 3.05) is 24.7 Å². The molecular formula is C12H19N3O3. The number of aromatic nitrogens is 1. The smallest absolute Gasteiger partial charge is 0.325 e. The third kappa shape index (κ3) is 4.48. The number of hydrogen-bond acceptors (Lipinski definition) is 6. The predicted molar refractivity (Wildman–Crippen MR) is 69.5 cm³/mol. The van der Waals surface area contributed by atoms with E-state index in [2.05, 4.69) is 15.0 Å². The molecule has 0 saturated carbocycles. The monoisotopic (exact) mass is 253 g/mol. The van der Waals surface area contributed by atoms with E-state index in [0.29, 0.717) is 17.4 Å². The van der Waals surface area contributed by atoms with Crippen molar-refractivity contribution >= 4 is 17.5 Å². The third-order valence-corrected chi connectivity index (χ3v) is 1.93. The van der Waals surface area contributed by atoms with E-state index in [1.165, 1.54) is 7.11 Å². The molecule has 100 valence electrons. The van der Waals surface area contributed by atoms with Crippen molar-refractivity contribution in [1.29, 1.82) is 0 Å². The summed E-state index contributed by atoms with van der Waals surface area (Å²) in [6.45, 7) is 5.76. The van der Waals surface area contributed by atoms with Gasteiger partial charge in [-0.05, 0) is 32.9 Å². The SMILES string of the molecule is COC(=O)CNc1ccc(N)c(OC(C)(C)C)n1. The van der Waals surface area contributed by atoms with Crippen LogP contribution in [0.5, 0.6) is 5.88 Å². The molecule has 0 spiro atoms. The molecule has 1 aromatic heterocycles. The number of pyridine rings is 1. The third-order valence-electron chi connectivity index (χ3n) is 1.93. The molecule has 0 aliphatic heterocycles. The second-order valence-corrected chi connectivity index (χ2v) is 4.73. The van der Waals surface area contributed by atoms with Crippen molar-refractivity contribution in [3.8, 4) is 5.88 Å². The fourth-order valence-electron chi connectivity index (χ4n) is 1.16. The summed E-state index contributed by atoms with van der Waals surface area (Å²) in [7, 11) is 1.33. The molecule has 6 heteroatoms. The van der Waals surface area contributed by atoms with Crippen molar-refractivity contribution in [1.82, 2.24) is 4.98 Å². The van der Waals surface area contributed by atoms with Crippen LogP contribution in [0.1, 0.15) is 20.8 Å². The first kappa shape index (κ1) is 14.1. The molecule has 0 amide bonds. The first-order valence-electron chi connectivity index (χ1n) is 5.58. The van der Waals surface area contributed by atoms with Crippen LogP contribution in [0, 0.1) is 0 Å². The van der Waals surface area contributed by atoms with Gasteiger partial charge in [0, 0.05) is 0 Å². The summed E-state index contributed by atoms with van der Waals surface area (Å²) in [6.07, 6.45) is 0. The summed E-state index contributed by atoms with van der Waals surface area (Å²) < 4.78 is 10.1. The zero-order valence-electron chi connectivity index (χ0n) is 11.1. The van der Waals surface area contributed by atoms with Gasteiger partial charge in [0.1, 0.15) is 18.0 Å². The van der Waals surface area contributed by atoms with Gasteiger partial charge in [-0.25, -0.2) is 0 Å². The van der Waals surface area contributed by atoms with Crippen LogP contribution in [-0.4, -0.2) is 30.2 Å². The highest BCUT2D eigenvalue weighted by atomic mass is 16.5. The van der Waals surface area contributed by atoms with Gasteiger partial charge in [0.15, 0.2) is 0 Å². The Morgan fingerprint density at radius 1 is 1.44 bits per heavy atom. The molecular weight excluding hydrogens is 234 g/mol. The van der Waals surface area contributed by atoms with Gasteiger partial charge in [0.05, 0.1) is 12.8 Å². The lowest BCUT2D eigenvalue weighted by atomic mass is 10.2. The molecule has 0 saturated heterocycles. The Labute approximate surface area is 106 Å². The Bertz CT molecular complexity index is 427. The second-order valence-electron chi connectivity index (χ2n) is 4.73. The van der Waals surface area contributed by atoms with Gasteiger partial charge in [0.25, 0.3) is 0 Å². The van der Waals surface area contributed by atoms with E-state index < -0.39 is 0 Å². The van der Waals surface area contributed by atoms with Crippen LogP contribution in [0.4, 0.5) is 11.5 Å². The number of nitrogen functional groups attached to an aromatic ring is 1. The Kier molecular flexibility index (Phi) is 4.36. The number of nitrogens with two attached hydrogens (primary N) is 1. The maximum Gasteiger partial charge on any atom is 0.325 e. The summed E-state index contributed by atoms with van der Waals surface area (Å²) in [5.74, 6) is 0.484. The summed E-state index contributed by atoms with van der Waals surface area (Å²) in [5.41, 5.74) is 5.84. The Morgan fingerprint density at radius 3 is 2.67 bits per heavy atom. The van der Waals surface area contributed by atoms with Crippen molar-refractivity contribution in [3.63, 3.8) is 0 Å². The second kappa shape index (κ2) is 5.57. The maximum absolute atomic E-state index is 11.0. The van der Waals surface area contributed by atoms with Crippen LogP contribution >= 0.6 is 0 Å². The predicted octanol–water partition coefficient (Wildman–Crippen LogP) is 1.43. The minimum absolute atomic E-state index is 0.0440. The average molecular weight is 253 g/mol. The quantitative estimate of drug-likeness (QED) is 0.789. The number of carbonyl (C=O) groups excluding carboxylic acids is 1. The molecule has 0 radical (unpaired) electrons. The molecule has 0 aliphatic carbocycles. The van der Waals surface area contributed by atoms with E-state index in [1.807, 2.05) is 20.8 Å². The van der Waals surface area contributed by atoms with E-state index in [-0.39, 0.29) is 18.1 Å². The van der Waals surface area contributed by atoms with Gasteiger partial charge >= 0.3 is 5.97 Å². The number of carbonyl (C=O) groups is 1. The van der Waals surface area contributed by atoms with Crippen LogP contribution in [0.15, 0.2) is 12.1 Å². The fraction of sp³-hybridized carbons (Fsp3) is 0.500. The van der Waals surface area contributed by atoms with Gasteiger partial charge < -0.3 is 20.5 Å². The molecule has 0 aromatic carbocycles. The van der Waals surface area contributed by atoms with Crippen molar-refractivity contribution in [2.45, 2.75) is 26.4 Å². The number of esters is 1. The lowest BCUT2D eigenvalue weighted by Crippen LogP contribution is -2.24. The molecule has 0 aliphatic rings. The van der Waals surface area contributed by atoms with Gasteiger partial charge in [-0.2, -0.15) is 4.98 Å². The van der Waals surface area contributed by atoms with Gasteiger partial charge in [-0.3, -0.25) is 4.79 Å². The Morgan fingerprint density at radius 2 is 2.11 bits per heavy atom. The Balaban J connectivity index is 2.77. The van der Waals surface area contributed by atoms with Crippen LogP contribution in [-0.2, 0) is 9.53 Å². The standard InChI is InChI=1S/C12H19N3O3/c1-12(2,3)18-11-8(13)5-6-9(15-11)14-7-10(16)17-4/h5-6H,7,13H2,1-4H3,(H,14,15). The van der Waals surface area contributed by atoms with E-state index >= 15 is 0 Å². The average Bonchev–Trinajstić information content (AvgIpc) is 2.28. The number of rotatable bonds is 4. The molecule has 6 nitrogen and oxygen atoms in total. The maximum atomic E-state index is 11.0. The minimum atomic E-state index is -0.387. The summed E-state index contributed by atoms with van der Waals surface area (Å²) in [4.78, 5) is 15.2. The van der Waals surface area contributed by atoms with Gasteiger partial charge in [-0.15, -0.1) is 0 Å². The molecule has 1 rings (SSSR count). The highest BCUT2D eigenvalue weighted by Gasteiger charge is 2.15. The number of nitrogens with zero attached hydrogens (tertiary/aromatic N) is 1. The van der Waals surface area contributed by atoms with Crippen LogP contribution in [0.2, 0.25) is 0 Å². The zero-order valence-corrected chi connectivity index (χ0v) is 11.1. The highest BCUT2D eigenvalue weighted by Crippen LogP contribution is 2.24. The Hall–Kier alpha value is -1.98. The summed E-state index contributed by atoms with van der Waals surface area (Å²) in [6, 6.07) is 3.35. The molecule has 0 unspecified atom stereocenters. The summed E-state index contributed by atoms with van der Waals surface area (Å²) >= 11 is 0. The van der Waals surface area contributed by atoms with E-state index in [1.54, 1.807) is 12.1 Å². The molecule has 1 aromatic rings. The number of methoxy groups -OCH3 is 1. The van der Waals surface area contributed by atoms with E-state index in [9.17, 15) is 4.79 Å². The number of hydrogen-bond donors (Lipinski definition) is 2. The first-order valence-corrected chi connectivity index (χ1v) is 5.58.